The fourth-order valence-corrected chi connectivity index (χ4v) is 3.80. The molecule has 0 unspecified atom stereocenters. The molecule has 1 aliphatic rings. The molecule has 0 aliphatic carbocycles. The molecule has 1 heterocycles. The average molecular weight is 501 g/mol. The lowest BCUT2D eigenvalue weighted by atomic mass is 9.78. The Morgan fingerprint density at radius 1 is 1.06 bits per heavy atom. The van der Waals surface area contributed by atoms with Gasteiger partial charge in [-0.05, 0) is 85.3 Å². The highest BCUT2D eigenvalue weighted by Crippen LogP contribution is 2.39. The van der Waals surface area contributed by atoms with Crippen LogP contribution in [0.1, 0.15) is 81.2 Å². The first-order valence-corrected chi connectivity index (χ1v) is 11.8. The second-order valence-corrected chi connectivity index (χ2v) is 11.9. The summed E-state index contributed by atoms with van der Waals surface area (Å²) in [6, 6.07) is 3.75. The van der Waals surface area contributed by atoms with Crippen molar-refractivity contribution in [3.05, 3.63) is 23.8 Å². The summed E-state index contributed by atoms with van der Waals surface area (Å²) < 4.78 is 65.1. The highest BCUT2D eigenvalue weighted by atomic mass is 19.4. The molecular formula is C25H39BF3NO5. The van der Waals surface area contributed by atoms with Gasteiger partial charge in [0.25, 0.3) is 0 Å². The number of alkyl halides is 3. The summed E-state index contributed by atoms with van der Waals surface area (Å²) in [7, 11) is -0.939. The average Bonchev–Trinajstić information content (AvgIpc) is 2.84. The first-order valence-electron chi connectivity index (χ1n) is 11.8. The molecule has 1 aliphatic heterocycles. The van der Waals surface area contributed by atoms with Crippen molar-refractivity contribution in [3.63, 3.8) is 0 Å². The minimum Gasteiger partial charge on any atom is -0.489 e. The van der Waals surface area contributed by atoms with Crippen LogP contribution in [0.5, 0.6) is 5.75 Å². The molecule has 1 amide bonds. The number of alkyl carbamates (subject to hydrolysis) is 1. The van der Waals surface area contributed by atoms with Crippen molar-refractivity contribution in [2.75, 3.05) is 6.61 Å². The molecular weight excluding hydrogens is 462 g/mol. The molecule has 1 aromatic rings. The van der Waals surface area contributed by atoms with E-state index in [0.29, 0.717) is 6.42 Å². The predicted molar refractivity (Wildman–Crippen MR) is 130 cm³/mol. The second kappa shape index (κ2) is 9.84. The Labute approximate surface area is 207 Å². The summed E-state index contributed by atoms with van der Waals surface area (Å²) in [5.41, 5.74) is -3.74. The Kier molecular flexibility index (Phi) is 8.24. The normalized spacial score (nSPS) is 19.4. The monoisotopic (exact) mass is 501 g/mol. The summed E-state index contributed by atoms with van der Waals surface area (Å²) in [6.07, 6.45) is -4.93. The van der Waals surface area contributed by atoms with Crippen molar-refractivity contribution in [1.29, 1.82) is 0 Å². The van der Waals surface area contributed by atoms with Crippen molar-refractivity contribution in [2.45, 2.75) is 104 Å². The zero-order valence-corrected chi connectivity index (χ0v) is 22.5. The number of hydrogen-bond donors (Lipinski definition) is 1. The highest BCUT2D eigenvalue weighted by molar-refractivity contribution is 6.62. The lowest BCUT2D eigenvalue weighted by molar-refractivity contribution is -0.139. The minimum absolute atomic E-state index is 0.110. The van der Waals surface area contributed by atoms with Crippen LogP contribution in [0.3, 0.4) is 0 Å². The van der Waals surface area contributed by atoms with Crippen LogP contribution >= 0.6 is 0 Å². The summed E-state index contributed by atoms with van der Waals surface area (Å²) in [5, 5.41) is 2.71. The van der Waals surface area contributed by atoms with Gasteiger partial charge >= 0.3 is 19.4 Å². The predicted octanol–water partition coefficient (Wildman–Crippen LogP) is 5.71. The largest absolute Gasteiger partial charge is 0.494 e. The molecule has 0 saturated carbocycles. The molecule has 1 atom stereocenters. The van der Waals surface area contributed by atoms with E-state index in [4.69, 9.17) is 18.8 Å². The molecule has 0 aromatic heterocycles. The van der Waals surface area contributed by atoms with Crippen molar-refractivity contribution < 1.29 is 36.7 Å². The number of carbonyl (C=O) groups excluding carboxylic acids is 1. The Morgan fingerprint density at radius 3 is 2.06 bits per heavy atom. The van der Waals surface area contributed by atoms with Crippen LogP contribution in [-0.4, -0.2) is 42.2 Å². The van der Waals surface area contributed by atoms with Gasteiger partial charge in [-0.25, -0.2) is 4.79 Å². The topological polar surface area (TPSA) is 66.0 Å². The lowest BCUT2D eigenvalue weighted by Crippen LogP contribution is -2.47. The molecule has 6 nitrogen and oxygen atoms in total. The van der Waals surface area contributed by atoms with Gasteiger partial charge in [0.2, 0.25) is 0 Å². The number of rotatable bonds is 7. The third-order valence-corrected chi connectivity index (χ3v) is 6.02. The van der Waals surface area contributed by atoms with Gasteiger partial charge in [0.15, 0.2) is 0 Å². The standard InChI is InChI=1S/C25H39BF3NO5/c1-16(2)14-24(10,33-20(31)30-21(3,4)5)15-32-19-12-11-17(13-18(19)25(27,28)29)26-34-22(6,7)23(8,9)35-26/h11-13,16H,14-15H2,1-10H3,(H,30,31)/t24-/m0/s1. The van der Waals surface area contributed by atoms with Crippen LogP contribution in [0.15, 0.2) is 18.2 Å². The summed E-state index contributed by atoms with van der Waals surface area (Å²) in [4.78, 5) is 12.4. The van der Waals surface area contributed by atoms with Crippen molar-refractivity contribution in [2.24, 2.45) is 5.92 Å². The molecule has 2 rings (SSSR count). The van der Waals surface area contributed by atoms with Crippen LogP contribution < -0.4 is 15.5 Å². The fraction of sp³-hybridized carbons (Fsp3) is 0.720. The van der Waals surface area contributed by atoms with Crippen LogP contribution in [0, 0.1) is 5.92 Å². The lowest BCUT2D eigenvalue weighted by Gasteiger charge is -2.33. The Hall–Kier alpha value is -1.94. The molecule has 1 N–H and O–H groups in total. The van der Waals surface area contributed by atoms with E-state index in [-0.39, 0.29) is 23.7 Å². The molecule has 0 bridgehead atoms. The third kappa shape index (κ3) is 7.77. The molecule has 1 aromatic carbocycles. The van der Waals surface area contributed by atoms with E-state index in [1.807, 2.05) is 62.3 Å². The van der Waals surface area contributed by atoms with Gasteiger partial charge in [-0.3, -0.25) is 0 Å². The highest BCUT2D eigenvalue weighted by Gasteiger charge is 2.52. The molecule has 198 valence electrons. The van der Waals surface area contributed by atoms with E-state index in [9.17, 15) is 18.0 Å². The number of benzene rings is 1. The maximum Gasteiger partial charge on any atom is 0.494 e. The minimum atomic E-state index is -4.67. The molecule has 35 heavy (non-hydrogen) atoms. The Balaban J connectivity index is 2.29. The van der Waals surface area contributed by atoms with E-state index < -0.39 is 47.3 Å². The van der Waals surface area contributed by atoms with Crippen LogP contribution in [-0.2, 0) is 20.2 Å². The van der Waals surface area contributed by atoms with Crippen LogP contribution in [0.25, 0.3) is 0 Å². The first-order chi connectivity index (χ1) is 15.6. The number of amides is 1. The second-order valence-electron chi connectivity index (χ2n) is 11.9. The number of hydrogen-bond acceptors (Lipinski definition) is 5. The first kappa shape index (κ1) is 29.3. The van der Waals surface area contributed by atoms with Gasteiger partial charge in [-0.1, -0.05) is 19.9 Å². The van der Waals surface area contributed by atoms with E-state index in [1.165, 1.54) is 12.1 Å². The van der Waals surface area contributed by atoms with Crippen molar-refractivity contribution >= 4 is 18.7 Å². The zero-order valence-electron chi connectivity index (χ0n) is 22.5. The smallest absolute Gasteiger partial charge is 0.489 e. The summed E-state index contributed by atoms with van der Waals surface area (Å²) >= 11 is 0. The molecule has 1 fully saturated rings. The van der Waals surface area contributed by atoms with Gasteiger partial charge in [-0.15, -0.1) is 0 Å². The zero-order chi connectivity index (χ0) is 27.0. The third-order valence-electron chi connectivity index (χ3n) is 6.02. The van der Waals surface area contributed by atoms with E-state index >= 15 is 0 Å². The quantitative estimate of drug-likeness (QED) is 0.485. The Morgan fingerprint density at radius 2 is 1.60 bits per heavy atom. The van der Waals surface area contributed by atoms with Gasteiger partial charge < -0.3 is 24.1 Å². The number of ether oxygens (including phenoxy) is 2. The van der Waals surface area contributed by atoms with E-state index in [1.54, 1.807) is 6.92 Å². The van der Waals surface area contributed by atoms with Gasteiger partial charge in [0.05, 0.1) is 16.8 Å². The summed E-state index contributed by atoms with van der Waals surface area (Å²) in [5.74, 6) is -0.244. The van der Waals surface area contributed by atoms with Gasteiger partial charge in [0.1, 0.15) is 18.0 Å². The maximum absolute atomic E-state index is 14.0. The Bertz CT molecular complexity index is 895. The number of halogens is 3. The number of carbonyl (C=O) groups is 1. The fourth-order valence-electron chi connectivity index (χ4n) is 3.80. The molecule has 0 radical (unpaired) electrons. The SMILES string of the molecule is CC(C)C[C@@](C)(COc1ccc(B2OC(C)(C)C(C)(C)O2)cc1C(F)(F)F)OC(=O)NC(C)(C)C. The van der Waals surface area contributed by atoms with Crippen molar-refractivity contribution in [3.8, 4) is 5.75 Å². The molecule has 0 spiro atoms. The molecule has 10 heteroatoms. The van der Waals surface area contributed by atoms with Gasteiger partial charge in [-0.2, -0.15) is 13.2 Å². The number of nitrogens with one attached hydrogen (secondary N) is 1. The summed E-state index contributed by atoms with van der Waals surface area (Å²) in [6.45, 7) is 18.0. The molecule has 1 saturated heterocycles. The van der Waals surface area contributed by atoms with E-state index in [0.717, 1.165) is 6.07 Å². The van der Waals surface area contributed by atoms with E-state index in [2.05, 4.69) is 5.32 Å². The van der Waals surface area contributed by atoms with Crippen LogP contribution in [0.2, 0.25) is 0 Å². The van der Waals surface area contributed by atoms with Crippen molar-refractivity contribution in [1.82, 2.24) is 5.32 Å². The maximum atomic E-state index is 14.0. The van der Waals surface area contributed by atoms with Crippen LogP contribution in [0.4, 0.5) is 18.0 Å². The van der Waals surface area contributed by atoms with Gasteiger partial charge in [0, 0.05) is 5.54 Å².